The number of rotatable bonds is 6. The van der Waals surface area contributed by atoms with Gasteiger partial charge in [0, 0.05) is 37.2 Å². The minimum atomic E-state index is -0.562. The maximum Gasteiger partial charge on any atom is 0.244 e. The van der Waals surface area contributed by atoms with E-state index in [0.717, 1.165) is 10.2 Å². The standard InChI is InChI=1S/C19H26BrN3O3/c1-12(2)8-16(19(26)22(3)4)21-18(25)13-9-17(24)23(11-13)15-7-5-6-14(20)10-15/h5-7,10,12-13,16H,8-9,11H2,1-4H3,(H,21,25)/t13-,16+/m1/s1. The predicted octanol–water partition coefficient (Wildman–Crippen LogP) is 2.42. The normalized spacial score (nSPS) is 18.2. The Morgan fingerprint density at radius 3 is 2.62 bits per heavy atom. The van der Waals surface area contributed by atoms with Crippen LogP contribution in [0.4, 0.5) is 5.69 Å². The first-order valence-electron chi connectivity index (χ1n) is 8.76. The highest BCUT2D eigenvalue weighted by molar-refractivity contribution is 9.10. The summed E-state index contributed by atoms with van der Waals surface area (Å²) in [5.41, 5.74) is 0.766. The SMILES string of the molecule is CC(C)C[C@H](NC(=O)[C@@H]1CC(=O)N(c2cccc(Br)c2)C1)C(=O)N(C)C. The van der Waals surface area contributed by atoms with Crippen LogP contribution >= 0.6 is 15.9 Å². The summed E-state index contributed by atoms with van der Waals surface area (Å²) in [4.78, 5) is 40.5. The van der Waals surface area contributed by atoms with Gasteiger partial charge in [-0.15, -0.1) is 0 Å². The summed E-state index contributed by atoms with van der Waals surface area (Å²) >= 11 is 3.40. The molecule has 0 aliphatic carbocycles. The third-order valence-corrected chi connectivity index (χ3v) is 4.87. The number of carbonyl (C=O) groups excluding carboxylic acids is 3. The molecule has 1 aliphatic heterocycles. The minimum absolute atomic E-state index is 0.0809. The molecule has 1 aromatic rings. The van der Waals surface area contributed by atoms with E-state index in [9.17, 15) is 14.4 Å². The van der Waals surface area contributed by atoms with Gasteiger partial charge in [0.1, 0.15) is 6.04 Å². The summed E-state index contributed by atoms with van der Waals surface area (Å²) in [7, 11) is 3.35. The topological polar surface area (TPSA) is 69.7 Å². The van der Waals surface area contributed by atoms with E-state index in [1.165, 1.54) is 4.90 Å². The molecular weight excluding hydrogens is 398 g/mol. The molecule has 1 heterocycles. The fourth-order valence-corrected chi connectivity index (χ4v) is 3.46. The summed E-state index contributed by atoms with van der Waals surface area (Å²) in [6.45, 7) is 4.35. The molecule has 1 aromatic carbocycles. The van der Waals surface area contributed by atoms with E-state index in [1.807, 2.05) is 38.1 Å². The number of benzene rings is 1. The van der Waals surface area contributed by atoms with Crippen LogP contribution in [0, 0.1) is 11.8 Å². The van der Waals surface area contributed by atoms with E-state index in [0.29, 0.717) is 13.0 Å². The molecule has 1 N–H and O–H groups in total. The molecule has 26 heavy (non-hydrogen) atoms. The number of halogens is 1. The first kappa shape index (κ1) is 20.4. The number of anilines is 1. The lowest BCUT2D eigenvalue weighted by Gasteiger charge is -2.24. The minimum Gasteiger partial charge on any atom is -0.347 e. The van der Waals surface area contributed by atoms with Crippen molar-refractivity contribution in [3.8, 4) is 0 Å². The van der Waals surface area contributed by atoms with Gasteiger partial charge in [0.25, 0.3) is 0 Å². The average molecular weight is 424 g/mol. The Morgan fingerprint density at radius 2 is 2.04 bits per heavy atom. The van der Waals surface area contributed by atoms with Crippen molar-refractivity contribution in [3.05, 3.63) is 28.7 Å². The summed E-state index contributed by atoms with van der Waals surface area (Å²) in [5, 5.41) is 2.86. The lowest BCUT2D eigenvalue weighted by Crippen LogP contribution is -2.49. The monoisotopic (exact) mass is 423 g/mol. The Bertz CT molecular complexity index is 690. The Hall–Kier alpha value is -1.89. The molecule has 3 amide bonds. The van der Waals surface area contributed by atoms with Gasteiger partial charge >= 0.3 is 0 Å². The number of nitrogens with zero attached hydrogens (tertiary/aromatic N) is 2. The molecule has 1 fully saturated rings. The molecule has 0 radical (unpaired) electrons. The van der Waals surface area contributed by atoms with Crippen LogP contribution in [0.25, 0.3) is 0 Å². The second kappa shape index (κ2) is 8.66. The van der Waals surface area contributed by atoms with Gasteiger partial charge in [-0.05, 0) is 30.5 Å². The number of likely N-dealkylation sites (N-methyl/N-ethyl adjacent to an activating group) is 1. The third-order valence-electron chi connectivity index (χ3n) is 4.38. The smallest absolute Gasteiger partial charge is 0.244 e. The maximum atomic E-state index is 12.7. The van der Waals surface area contributed by atoms with E-state index in [-0.39, 0.29) is 30.1 Å². The van der Waals surface area contributed by atoms with Gasteiger partial charge in [-0.2, -0.15) is 0 Å². The van der Waals surface area contributed by atoms with Crippen molar-refractivity contribution in [1.29, 1.82) is 0 Å². The molecule has 0 unspecified atom stereocenters. The van der Waals surface area contributed by atoms with Gasteiger partial charge in [0.15, 0.2) is 0 Å². The van der Waals surface area contributed by atoms with Crippen LogP contribution in [0.15, 0.2) is 28.7 Å². The van der Waals surface area contributed by atoms with Crippen molar-refractivity contribution in [2.45, 2.75) is 32.7 Å². The predicted molar refractivity (Wildman–Crippen MR) is 105 cm³/mol. The van der Waals surface area contributed by atoms with Crippen molar-refractivity contribution in [2.24, 2.45) is 11.8 Å². The zero-order valence-electron chi connectivity index (χ0n) is 15.7. The molecule has 6 nitrogen and oxygen atoms in total. The number of carbonyl (C=O) groups is 3. The highest BCUT2D eigenvalue weighted by atomic mass is 79.9. The fraction of sp³-hybridized carbons (Fsp3) is 0.526. The number of hydrogen-bond donors (Lipinski definition) is 1. The van der Waals surface area contributed by atoms with E-state index in [2.05, 4.69) is 21.2 Å². The number of nitrogens with one attached hydrogen (secondary N) is 1. The molecule has 0 bridgehead atoms. The summed E-state index contributed by atoms with van der Waals surface area (Å²) in [6, 6.07) is 6.88. The molecule has 7 heteroatoms. The van der Waals surface area contributed by atoms with Gasteiger partial charge in [0.2, 0.25) is 17.7 Å². The first-order valence-corrected chi connectivity index (χ1v) is 9.55. The van der Waals surface area contributed by atoms with Crippen LogP contribution in [-0.4, -0.2) is 49.3 Å². The number of hydrogen-bond acceptors (Lipinski definition) is 3. The second-order valence-electron chi connectivity index (χ2n) is 7.31. The molecule has 0 spiro atoms. The van der Waals surface area contributed by atoms with Crippen molar-refractivity contribution >= 4 is 39.3 Å². The summed E-state index contributed by atoms with van der Waals surface area (Å²) in [5.74, 6) is -0.627. The molecule has 2 atom stereocenters. The molecule has 0 saturated carbocycles. The lowest BCUT2D eigenvalue weighted by atomic mass is 10.0. The largest absolute Gasteiger partial charge is 0.347 e. The van der Waals surface area contributed by atoms with E-state index in [1.54, 1.807) is 19.0 Å². The average Bonchev–Trinajstić information content (AvgIpc) is 2.95. The van der Waals surface area contributed by atoms with E-state index >= 15 is 0 Å². The van der Waals surface area contributed by atoms with Crippen LogP contribution in [0.3, 0.4) is 0 Å². The maximum absolute atomic E-state index is 12.7. The van der Waals surface area contributed by atoms with Gasteiger partial charge in [-0.3, -0.25) is 14.4 Å². The molecule has 1 aliphatic rings. The van der Waals surface area contributed by atoms with Crippen molar-refractivity contribution < 1.29 is 14.4 Å². The number of amides is 3. The van der Waals surface area contributed by atoms with E-state index in [4.69, 9.17) is 0 Å². The van der Waals surface area contributed by atoms with Crippen LogP contribution in [0.1, 0.15) is 26.7 Å². The first-order chi connectivity index (χ1) is 12.2. The molecule has 1 saturated heterocycles. The van der Waals surface area contributed by atoms with Gasteiger partial charge in [0.05, 0.1) is 5.92 Å². The zero-order chi connectivity index (χ0) is 19.4. The van der Waals surface area contributed by atoms with E-state index < -0.39 is 12.0 Å². The van der Waals surface area contributed by atoms with Gasteiger partial charge < -0.3 is 15.1 Å². The van der Waals surface area contributed by atoms with Crippen molar-refractivity contribution in [3.63, 3.8) is 0 Å². The molecular formula is C19H26BrN3O3. The molecule has 0 aromatic heterocycles. The summed E-state index contributed by atoms with van der Waals surface area (Å²) < 4.78 is 0.879. The van der Waals surface area contributed by atoms with Gasteiger partial charge in [-0.1, -0.05) is 35.8 Å². The zero-order valence-corrected chi connectivity index (χ0v) is 17.2. The van der Waals surface area contributed by atoms with Crippen LogP contribution in [-0.2, 0) is 14.4 Å². The fourth-order valence-electron chi connectivity index (χ4n) is 3.07. The van der Waals surface area contributed by atoms with Crippen molar-refractivity contribution in [1.82, 2.24) is 10.2 Å². The van der Waals surface area contributed by atoms with Crippen molar-refractivity contribution in [2.75, 3.05) is 25.5 Å². The van der Waals surface area contributed by atoms with Crippen LogP contribution in [0.2, 0.25) is 0 Å². The summed E-state index contributed by atoms with van der Waals surface area (Å²) in [6.07, 6.45) is 0.724. The Morgan fingerprint density at radius 1 is 1.35 bits per heavy atom. The van der Waals surface area contributed by atoms with Crippen LogP contribution < -0.4 is 10.2 Å². The Balaban J connectivity index is 2.07. The second-order valence-corrected chi connectivity index (χ2v) is 8.22. The van der Waals surface area contributed by atoms with Gasteiger partial charge in [-0.25, -0.2) is 0 Å². The highest BCUT2D eigenvalue weighted by Crippen LogP contribution is 2.27. The third kappa shape index (κ3) is 5.06. The highest BCUT2D eigenvalue weighted by Gasteiger charge is 2.36. The lowest BCUT2D eigenvalue weighted by molar-refractivity contribution is -0.136. The quantitative estimate of drug-likeness (QED) is 0.763. The molecule has 142 valence electrons. The molecule has 2 rings (SSSR count). The Labute approximate surface area is 163 Å². The Kier molecular flexibility index (Phi) is 6.81. The van der Waals surface area contributed by atoms with Crippen LogP contribution in [0.5, 0.6) is 0 Å².